The molecule has 77 heavy (non-hydrogen) atoms. The summed E-state index contributed by atoms with van der Waals surface area (Å²) in [5.74, 6) is 0.583. The van der Waals surface area contributed by atoms with Crippen LogP contribution in [-0.2, 0) is 33.5 Å². The first kappa shape index (κ1) is 56.5. The first-order valence-corrected chi connectivity index (χ1v) is 29.7. The van der Waals surface area contributed by atoms with Crippen molar-refractivity contribution in [1.29, 1.82) is 0 Å². The number of epoxide rings is 1. The van der Waals surface area contributed by atoms with Crippen LogP contribution in [0.25, 0.3) is 9.69 Å². The summed E-state index contributed by atoms with van der Waals surface area (Å²) in [6.07, 6.45) is 21.2. The van der Waals surface area contributed by atoms with E-state index in [-0.39, 0.29) is 119 Å². The molecule has 11 aliphatic rings. The van der Waals surface area contributed by atoms with E-state index in [9.17, 15) is 28.8 Å². The molecule has 0 radical (unpaired) electrons. The molecule has 422 valence electrons. The zero-order chi connectivity index (χ0) is 58.9. The Balaban J connectivity index is 0.000000196. The van der Waals surface area contributed by atoms with E-state index in [0.29, 0.717) is 24.4 Å². The summed E-state index contributed by atoms with van der Waals surface area (Å²) in [5, 5.41) is 0. The Labute approximate surface area is 467 Å². The lowest BCUT2D eigenvalue weighted by atomic mass is 9.34. The number of Topliss-reactive ketones (excluding diaryl/α,β-unsaturated/α-hetero) is 4. The van der Waals surface area contributed by atoms with Gasteiger partial charge in [0.2, 0.25) is 5.70 Å². The van der Waals surface area contributed by atoms with Gasteiger partial charge in [-0.3, -0.25) is 33.6 Å². The van der Waals surface area contributed by atoms with Crippen molar-refractivity contribution >= 4 is 34.7 Å². The lowest BCUT2D eigenvalue weighted by Crippen LogP contribution is -2.66. The number of hydrogen-bond donors (Lipinski definition) is 0. The minimum atomic E-state index is -1.37. The third kappa shape index (κ3) is 7.54. The molecule has 11 rings (SSSR count). The highest BCUT2D eigenvalue weighted by Gasteiger charge is 2.85. The van der Waals surface area contributed by atoms with Crippen molar-refractivity contribution in [2.24, 2.45) is 101 Å². The van der Waals surface area contributed by atoms with E-state index < -0.39 is 22.7 Å². The van der Waals surface area contributed by atoms with Crippen LogP contribution in [0.2, 0.25) is 0 Å². The Bertz CT molecular complexity index is 2760. The first-order chi connectivity index (χ1) is 36.9. The van der Waals surface area contributed by atoms with Crippen LogP contribution in [0.3, 0.4) is 0 Å². The fourth-order valence-corrected chi connectivity index (χ4v) is 21.2. The molecule has 1 aliphatic heterocycles. The summed E-state index contributed by atoms with van der Waals surface area (Å²) < 4.78 is 17.6. The topological polar surface area (TPSA) is 124 Å². The second-order valence-corrected chi connectivity index (χ2v) is 30.1. The van der Waals surface area contributed by atoms with Gasteiger partial charge in [-0.05, 0) is 171 Å². The fourth-order valence-electron chi connectivity index (χ4n) is 21.2. The van der Waals surface area contributed by atoms with Crippen LogP contribution >= 0.6 is 0 Å². The Morgan fingerprint density at radius 3 is 1.52 bits per heavy atom. The van der Waals surface area contributed by atoms with E-state index in [1.54, 1.807) is 0 Å². The third-order valence-electron chi connectivity index (χ3n) is 25.9. The maximum Gasteiger partial charge on any atom is 0.424 e. The summed E-state index contributed by atoms with van der Waals surface area (Å²) in [4.78, 5) is 90.0. The zero-order valence-electron chi connectivity index (χ0n) is 52.4. The largest absolute Gasteiger partial charge is 0.424 e. The van der Waals surface area contributed by atoms with Gasteiger partial charge in [0, 0.05) is 60.9 Å². The van der Waals surface area contributed by atoms with Crippen molar-refractivity contribution in [2.45, 2.75) is 239 Å². The Kier molecular flexibility index (Phi) is 13.6. The van der Waals surface area contributed by atoms with Crippen molar-refractivity contribution in [2.75, 3.05) is 0 Å². The summed E-state index contributed by atoms with van der Waals surface area (Å²) in [5.41, 5.74) is -1.30. The molecule has 0 aromatic heterocycles. The number of nitrogens with zero attached hydrogens (tertiary/aromatic N) is 2. The molecule has 10 aliphatic carbocycles. The summed E-state index contributed by atoms with van der Waals surface area (Å²) in [6, 6.07) is 0. The summed E-state index contributed by atoms with van der Waals surface area (Å²) >= 11 is 0. The van der Waals surface area contributed by atoms with Gasteiger partial charge in [-0.2, -0.15) is 0 Å². The Morgan fingerprint density at radius 1 is 0.623 bits per heavy atom. The van der Waals surface area contributed by atoms with Gasteiger partial charge in [0.15, 0.2) is 23.5 Å². The zero-order valence-corrected chi connectivity index (χ0v) is 50.4. The van der Waals surface area contributed by atoms with Crippen molar-refractivity contribution in [3.8, 4) is 0 Å². The Hall–Kier alpha value is -3.82. The number of carbonyl (C=O) groups excluding carboxylic acids is 6. The van der Waals surface area contributed by atoms with Gasteiger partial charge >= 0.3 is 5.72 Å². The van der Waals surface area contributed by atoms with Gasteiger partial charge in [-0.15, -0.1) is 0 Å². The number of carbonyl (C=O) groups is 6. The molecule has 0 bridgehead atoms. The SMILES string of the molecule is [3H]C.[3H]C.[C-]#[N+]C1=C[C@]2(C)C3=CC(=O)[C@@H]4[C@@H]5CC(C)(C)CC[C@]5(C(=O)CCC)CC[C@@]4(C)[C@]3(C)CC[C@H]2[C@H](C)C1=O.[C-]#[N+][C@@]12O[C@@H]1[C@]1(C)C3=CC(=O)[C@@H]4[C@@H]5CC(C)(C)CC[C@]5(C(=O)CCC)CC[C@@]4(C)[C@]3(C)CC[C@H]1[C@H](C)C2=O. The normalized spacial score (nSPS) is 48.2. The molecule has 1 heterocycles. The highest BCUT2D eigenvalue weighted by molar-refractivity contribution is 6.02. The standard InChI is InChI=1S/C33H45NO4.C33H45NO3.2CH4/c1-9-10-24(36)32-15-13-28(3,4)18-21(32)25-22(35)17-23-29(5,30(25,6)14-16-32)12-11-20-19(2)26(37)33(34-8)27(38-33)31(20,23)7;1-9-10-26(36)33-15-13-29(3,4)18-22(33)27-24(35)17-25-30(5)19-23(34-8)28(37)20(2)21(30)11-12-31(25,6)32(27,7)14-16-33;;/h17,19-21,25,27H,9-16,18H2,1-7H3;17,19-22,27H,9-16,18H2,1-7H3;2*1H4/t19-,20-,21-,25-,27+,29+,30+,31-,32-,33-;20-,21-,22-,27-,30-,31+,32+,33-;;/m00../s1/i;;2*1T. The quantitative estimate of drug-likeness (QED) is 0.192. The van der Waals surface area contributed by atoms with Gasteiger partial charge in [-0.25, -0.2) is 11.4 Å². The smallest absolute Gasteiger partial charge is 0.308 e. The van der Waals surface area contributed by atoms with E-state index in [4.69, 9.17) is 20.6 Å². The number of ether oxygens (including phenoxy) is 1. The van der Waals surface area contributed by atoms with E-state index in [1.165, 1.54) is 14.8 Å². The molecule has 1 saturated heterocycles. The summed E-state index contributed by atoms with van der Waals surface area (Å²) in [6.45, 7) is 46.6. The molecule has 9 nitrogen and oxygen atoms in total. The Morgan fingerprint density at radius 2 is 1.06 bits per heavy atom. The molecule has 0 unspecified atom stereocenters. The molecular weight excluding hydrogens is 957 g/mol. The maximum absolute atomic E-state index is 14.5. The predicted octanol–water partition coefficient (Wildman–Crippen LogP) is 15.6. The van der Waals surface area contributed by atoms with Crippen LogP contribution in [0.15, 0.2) is 35.1 Å². The number of hydrogen-bond acceptors (Lipinski definition) is 7. The van der Waals surface area contributed by atoms with E-state index >= 15 is 0 Å². The van der Waals surface area contributed by atoms with E-state index in [0.717, 1.165) is 114 Å². The van der Waals surface area contributed by atoms with Gasteiger partial charge in [0.1, 0.15) is 11.6 Å². The van der Waals surface area contributed by atoms with Crippen molar-refractivity contribution in [3.05, 3.63) is 57.9 Å². The minimum Gasteiger partial charge on any atom is -0.308 e. The molecule has 9 heteroatoms. The molecule has 0 spiro atoms. The van der Waals surface area contributed by atoms with Gasteiger partial charge < -0.3 is 4.79 Å². The average Bonchev–Trinajstić information content (AvgIpc) is 3.54. The van der Waals surface area contributed by atoms with Crippen LogP contribution in [-0.4, -0.2) is 46.5 Å². The fraction of sp³-hybridized carbons (Fsp3) is 0.794. The second kappa shape index (κ2) is 18.6. The van der Waals surface area contributed by atoms with Gasteiger partial charge in [-0.1, -0.05) is 129 Å². The van der Waals surface area contributed by atoms with Crippen molar-refractivity contribution < 1.29 is 36.2 Å². The number of ketones is 6. The number of allylic oxidation sites excluding steroid dienone is 5. The highest BCUT2D eigenvalue weighted by Crippen LogP contribution is 2.78. The van der Waals surface area contributed by atoms with E-state index in [1.807, 2.05) is 32.1 Å². The molecule has 7 saturated carbocycles. The third-order valence-corrected chi connectivity index (χ3v) is 25.9. The molecule has 0 N–H and O–H groups in total. The lowest BCUT2D eigenvalue weighted by molar-refractivity contribution is -0.178. The van der Waals surface area contributed by atoms with Crippen LogP contribution in [0.4, 0.5) is 0 Å². The number of rotatable bonds is 6. The monoisotopic (exact) mass is 1060 g/mol. The first-order valence-electron chi connectivity index (χ1n) is 31.7. The second-order valence-electron chi connectivity index (χ2n) is 30.1. The molecule has 18 atom stereocenters. The highest BCUT2D eigenvalue weighted by atomic mass is 16.6. The van der Waals surface area contributed by atoms with Crippen LogP contribution in [0.5, 0.6) is 0 Å². The summed E-state index contributed by atoms with van der Waals surface area (Å²) in [7, 11) is 2.50. The van der Waals surface area contributed by atoms with E-state index in [2.05, 4.69) is 92.8 Å². The van der Waals surface area contributed by atoms with Crippen molar-refractivity contribution in [1.82, 2.24) is 0 Å². The molecule has 0 aromatic carbocycles. The van der Waals surface area contributed by atoms with Gasteiger partial charge in [0.25, 0.3) is 5.78 Å². The molecule has 0 aromatic rings. The predicted molar refractivity (Wildman–Crippen MR) is 303 cm³/mol. The maximum atomic E-state index is 14.5. The van der Waals surface area contributed by atoms with Crippen LogP contribution in [0, 0.1) is 115 Å². The lowest BCUT2D eigenvalue weighted by Gasteiger charge is -2.68. The molecular formula is C68H98N2O7. The molecule has 0 amide bonds. The minimum absolute atomic E-state index is 0.0470. The van der Waals surface area contributed by atoms with Crippen LogP contribution in [0.1, 0.15) is 230 Å². The molecule has 8 fully saturated rings. The number of fused-ring (bicyclic) bond motifs is 16. The van der Waals surface area contributed by atoms with Crippen molar-refractivity contribution in [3.63, 3.8) is 0 Å². The van der Waals surface area contributed by atoms with Gasteiger partial charge in [0.05, 0.1) is 6.57 Å². The van der Waals surface area contributed by atoms with Crippen LogP contribution < -0.4 is 0 Å². The average molecular weight is 1060 g/mol.